The Morgan fingerprint density at radius 1 is 1.50 bits per heavy atom. The van der Waals surface area contributed by atoms with Gasteiger partial charge in [0.1, 0.15) is 0 Å². The number of thiophene rings is 1. The second kappa shape index (κ2) is 4.32. The van der Waals surface area contributed by atoms with Crippen molar-refractivity contribution < 1.29 is 5.11 Å². The first-order valence-electron chi connectivity index (χ1n) is 4.88. The Hall–Kier alpha value is -0.540. The second-order valence-electron chi connectivity index (χ2n) is 4.25. The van der Waals surface area contributed by atoms with Crippen molar-refractivity contribution in [1.82, 2.24) is 0 Å². The number of hydrogen-bond donors (Lipinski definition) is 1. The number of aryl methyl sites for hydroxylation is 1. The first-order chi connectivity index (χ1) is 6.49. The maximum absolute atomic E-state index is 8.99. The molecular formula is C11H19NOS. The van der Waals surface area contributed by atoms with E-state index in [4.69, 9.17) is 5.11 Å². The number of aliphatic hydroxyl groups is 1. The Morgan fingerprint density at radius 2 is 2.14 bits per heavy atom. The number of anilines is 1. The van der Waals surface area contributed by atoms with Gasteiger partial charge in [0.25, 0.3) is 0 Å². The highest BCUT2D eigenvalue weighted by Gasteiger charge is 2.24. The summed E-state index contributed by atoms with van der Waals surface area (Å²) < 4.78 is 0. The summed E-state index contributed by atoms with van der Waals surface area (Å²) in [5, 5.41) is 12.4. The molecule has 0 unspecified atom stereocenters. The Bertz CT molecular complexity index is 293. The van der Waals surface area contributed by atoms with Crippen molar-refractivity contribution in [2.45, 2.75) is 32.7 Å². The molecule has 0 radical (unpaired) electrons. The second-order valence-corrected chi connectivity index (χ2v) is 5.15. The highest BCUT2D eigenvalue weighted by atomic mass is 32.1. The van der Waals surface area contributed by atoms with Crippen molar-refractivity contribution in [2.24, 2.45) is 0 Å². The third-order valence-corrected chi connectivity index (χ3v) is 3.86. The van der Waals surface area contributed by atoms with Gasteiger partial charge in [-0.15, -0.1) is 11.3 Å². The molecule has 0 atom stereocenters. The summed E-state index contributed by atoms with van der Waals surface area (Å²) in [6.07, 6.45) is 0.792. The summed E-state index contributed by atoms with van der Waals surface area (Å²) in [6, 6.07) is 2.13. The van der Waals surface area contributed by atoms with E-state index in [9.17, 15) is 0 Å². The van der Waals surface area contributed by atoms with Crippen LogP contribution in [0.15, 0.2) is 11.4 Å². The molecule has 14 heavy (non-hydrogen) atoms. The van der Waals surface area contributed by atoms with Gasteiger partial charge in [-0.2, -0.15) is 0 Å². The lowest BCUT2D eigenvalue weighted by molar-refractivity contribution is 0.250. The molecule has 1 aromatic rings. The predicted molar refractivity (Wildman–Crippen MR) is 63.2 cm³/mol. The SMILES string of the molecule is Cc1ccsc1N(C)C(C)(C)CCO. The molecule has 0 aliphatic rings. The first-order valence-corrected chi connectivity index (χ1v) is 5.76. The Morgan fingerprint density at radius 3 is 2.57 bits per heavy atom. The zero-order valence-corrected chi connectivity index (χ0v) is 10.2. The molecule has 0 aromatic carbocycles. The van der Waals surface area contributed by atoms with Gasteiger partial charge < -0.3 is 10.0 Å². The number of rotatable bonds is 4. The quantitative estimate of drug-likeness (QED) is 0.831. The molecule has 0 spiro atoms. The molecule has 1 rings (SSSR count). The van der Waals surface area contributed by atoms with Gasteiger partial charge in [-0.25, -0.2) is 0 Å². The molecule has 0 saturated heterocycles. The van der Waals surface area contributed by atoms with Crippen molar-refractivity contribution in [2.75, 3.05) is 18.6 Å². The molecular weight excluding hydrogens is 194 g/mol. The summed E-state index contributed by atoms with van der Waals surface area (Å²) in [4.78, 5) is 2.25. The van der Waals surface area contributed by atoms with Gasteiger partial charge in [-0.3, -0.25) is 0 Å². The van der Waals surface area contributed by atoms with Crippen molar-refractivity contribution in [3.8, 4) is 0 Å². The molecule has 0 aliphatic carbocycles. The van der Waals surface area contributed by atoms with Crippen molar-refractivity contribution in [1.29, 1.82) is 0 Å². The summed E-state index contributed by atoms with van der Waals surface area (Å²) in [6.45, 7) is 6.67. The molecule has 2 nitrogen and oxygen atoms in total. The fourth-order valence-electron chi connectivity index (χ4n) is 1.42. The molecule has 0 saturated carbocycles. The van der Waals surface area contributed by atoms with E-state index in [0.717, 1.165) is 6.42 Å². The molecule has 80 valence electrons. The topological polar surface area (TPSA) is 23.5 Å². The number of nitrogens with zero attached hydrogens (tertiary/aromatic N) is 1. The average molecular weight is 213 g/mol. The minimum atomic E-state index is 0.0182. The van der Waals surface area contributed by atoms with Crippen molar-refractivity contribution in [3.05, 3.63) is 17.0 Å². The smallest absolute Gasteiger partial charge is 0.0940 e. The lowest BCUT2D eigenvalue weighted by Gasteiger charge is -2.36. The van der Waals surface area contributed by atoms with Gasteiger partial charge in [0.2, 0.25) is 0 Å². The summed E-state index contributed by atoms with van der Waals surface area (Å²) in [7, 11) is 2.09. The van der Waals surface area contributed by atoms with E-state index in [1.807, 2.05) is 0 Å². The summed E-state index contributed by atoms with van der Waals surface area (Å²) in [5.41, 5.74) is 1.33. The van der Waals surface area contributed by atoms with Crippen LogP contribution in [-0.2, 0) is 0 Å². The normalized spacial score (nSPS) is 11.8. The van der Waals surface area contributed by atoms with E-state index in [-0.39, 0.29) is 12.1 Å². The third kappa shape index (κ3) is 2.28. The summed E-state index contributed by atoms with van der Waals surface area (Å²) in [5.74, 6) is 0. The maximum atomic E-state index is 8.99. The van der Waals surface area contributed by atoms with Gasteiger partial charge in [0, 0.05) is 19.2 Å². The van der Waals surface area contributed by atoms with Crippen LogP contribution in [0.3, 0.4) is 0 Å². The largest absolute Gasteiger partial charge is 0.396 e. The van der Waals surface area contributed by atoms with Crippen LogP contribution in [0, 0.1) is 6.92 Å². The van der Waals surface area contributed by atoms with Gasteiger partial charge in [-0.1, -0.05) is 0 Å². The third-order valence-electron chi connectivity index (χ3n) is 2.77. The Balaban J connectivity index is 2.84. The van der Waals surface area contributed by atoms with Crippen LogP contribution in [0.2, 0.25) is 0 Å². The van der Waals surface area contributed by atoms with Crippen LogP contribution < -0.4 is 4.90 Å². The zero-order chi connectivity index (χ0) is 10.8. The Kier molecular flexibility index (Phi) is 3.56. The van der Waals surface area contributed by atoms with Crippen molar-refractivity contribution in [3.63, 3.8) is 0 Å². The van der Waals surface area contributed by atoms with E-state index >= 15 is 0 Å². The molecule has 1 aromatic heterocycles. The van der Waals surface area contributed by atoms with E-state index in [0.29, 0.717) is 0 Å². The van der Waals surface area contributed by atoms with Crippen LogP contribution in [0.4, 0.5) is 5.00 Å². The molecule has 1 N–H and O–H groups in total. The standard InChI is InChI=1S/C11H19NOS/c1-9-5-8-14-10(9)12(4)11(2,3)6-7-13/h5,8,13H,6-7H2,1-4H3. The van der Waals surface area contributed by atoms with Gasteiger partial charge in [0.05, 0.1) is 5.00 Å². The minimum Gasteiger partial charge on any atom is -0.396 e. The van der Waals surface area contributed by atoms with Gasteiger partial charge in [-0.05, 0) is 44.2 Å². The van der Waals surface area contributed by atoms with E-state index in [1.54, 1.807) is 11.3 Å². The predicted octanol–water partition coefficient (Wildman–Crippen LogP) is 2.65. The zero-order valence-electron chi connectivity index (χ0n) is 9.37. The Labute approximate surface area is 90.2 Å². The first kappa shape index (κ1) is 11.5. The van der Waals surface area contributed by atoms with E-state index in [1.165, 1.54) is 10.6 Å². The fraction of sp³-hybridized carbons (Fsp3) is 0.636. The van der Waals surface area contributed by atoms with Crippen LogP contribution in [0.25, 0.3) is 0 Å². The highest BCUT2D eigenvalue weighted by molar-refractivity contribution is 7.14. The molecule has 0 aliphatic heterocycles. The molecule has 3 heteroatoms. The van der Waals surface area contributed by atoms with Crippen LogP contribution in [0.1, 0.15) is 25.8 Å². The summed E-state index contributed by atoms with van der Waals surface area (Å²) >= 11 is 1.75. The van der Waals surface area contributed by atoms with E-state index < -0.39 is 0 Å². The van der Waals surface area contributed by atoms with Crippen LogP contribution in [0.5, 0.6) is 0 Å². The fourth-order valence-corrected chi connectivity index (χ4v) is 2.48. The molecule has 0 fully saturated rings. The van der Waals surface area contributed by atoms with E-state index in [2.05, 4.69) is 44.2 Å². The van der Waals surface area contributed by atoms with Crippen LogP contribution in [-0.4, -0.2) is 24.3 Å². The molecule has 0 bridgehead atoms. The molecule has 0 amide bonds. The lowest BCUT2D eigenvalue weighted by Crippen LogP contribution is -2.41. The van der Waals surface area contributed by atoms with Gasteiger partial charge >= 0.3 is 0 Å². The minimum absolute atomic E-state index is 0.0182. The van der Waals surface area contributed by atoms with Crippen LogP contribution >= 0.6 is 11.3 Å². The molecule has 1 heterocycles. The highest BCUT2D eigenvalue weighted by Crippen LogP contribution is 2.32. The lowest BCUT2D eigenvalue weighted by atomic mass is 9.99. The van der Waals surface area contributed by atoms with Gasteiger partial charge in [0.15, 0.2) is 0 Å². The number of hydrogen-bond acceptors (Lipinski definition) is 3. The van der Waals surface area contributed by atoms with Crippen molar-refractivity contribution >= 4 is 16.3 Å². The monoisotopic (exact) mass is 213 g/mol. The average Bonchev–Trinajstić information content (AvgIpc) is 2.50. The number of aliphatic hydroxyl groups excluding tert-OH is 1. The maximum Gasteiger partial charge on any atom is 0.0940 e.